The summed E-state index contributed by atoms with van der Waals surface area (Å²) >= 11 is 1.93. The van der Waals surface area contributed by atoms with Gasteiger partial charge in [-0.05, 0) is 48.2 Å². The molecule has 0 amide bonds. The van der Waals surface area contributed by atoms with Gasteiger partial charge in [0.25, 0.3) is 0 Å². The van der Waals surface area contributed by atoms with E-state index < -0.39 is 0 Å². The van der Waals surface area contributed by atoms with Crippen molar-refractivity contribution in [2.75, 3.05) is 26.2 Å². The van der Waals surface area contributed by atoms with Crippen LogP contribution in [-0.4, -0.2) is 31.1 Å². The van der Waals surface area contributed by atoms with E-state index in [2.05, 4.69) is 42.4 Å². The number of fused-ring (bicyclic) bond motifs is 1. The van der Waals surface area contributed by atoms with Gasteiger partial charge in [0, 0.05) is 31.1 Å². The minimum absolute atomic E-state index is 0.414. The van der Waals surface area contributed by atoms with Crippen molar-refractivity contribution in [2.24, 2.45) is 5.41 Å². The van der Waals surface area contributed by atoms with Crippen LogP contribution in [0.1, 0.15) is 50.5 Å². The van der Waals surface area contributed by atoms with Crippen LogP contribution in [0.25, 0.3) is 0 Å². The molecule has 2 heterocycles. The molecule has 1 atom stereocenters. The van der Waals surface area contributed by atoms with Gasteiger partial charge in [0.05, 0.1) is 0 Å². The molecular formula is C17H30N2S. The Labute approximate surface area is 128 Å². The Hall–Kier alpha value is -0.380. The van der Waals surface area contributed by atoms with E-state index in [1.54, 1.807) is 10.4 Å². The number of nitrogens with zero attached hydrogens (tertiary/aromatic N) is 1. The zero-order valence-electron chi connectivity index (χ0n) is 13.4. The summed E-state index contributed by atoms with van der Waals surface area (Å²) in [6, 6.07) is 2.32. The Balaban J connectivity index is 1.91. The quantitative estimate of drug-likeness (QED) is 0.731. The highest BCUT2D eigenvalue weighted by Crippen LogP contribution is 2.29. The molecule has 1 aromatic heterocycles. The molecule has 0 saturated heterocycles. The Morgan fingerprint density at radius 3 is 2.95 bits per heavy atom. The maximum atomic E-state index is 3.64. The molecule has 1 aliphatic rings. The molecule has 1 aromatic rings. The summed E-state index contributed by atoms with van der Waals surface area (Å²) < 4.78 is 0. The zero-order chi connectivity index (χ0) is 14.4. The van der Waals surface area contributed by atoms with Crippen molar-refractivity contribution in [3.63, 3.8) is 0 Å². The molecule has 1 N–H and O–H groups in total. The van der Waals surface area contributed by atoms with E-state index in [-0.39, 0.29) is 0 Å². The van der Waals surface area contributed by atoms with Crippen LogP contribution in [0, 0.1) is 5.41 Å². The third kappa shape index (κ3) is 4.31. The van der Waals surface area contributed by atoms with Crippen LogP contribution < -0.4 is 5.32 Å². The fourth-order valence-corrected chi connectivity index (χ4v) is 4.27. The predicted octanol–water partition coefficient (Wildman–Crippen LogP) is 3.91. The summed E-state index contributed by atoms with van der Waals surface area (Å²) in [5, 5.41) is 5.89. The summed E-state index contributed by atoms with van der Waals surface area (Å²) in [6.07, 6.45) is 5.07. The Morgan fingerprint density at radius 2 is 2.20 bits per heavy atom. The van der Waals surface area contributed by atoms with E-state index in [0.717, 1.165) is 19.6 Å². The van der Waals surface area contributed by atoms with Crippen LogP contribution in [-0.2, 0) is 13.0 Å². The minimum atomic E-state index is 0.414. The lowest BCUT2D eigenvalue weighted by Crippen LogP contribution is -2.44. The lowest BCUT2D eigenvalue weighted by Gasteiger charge is -2.37. The Morgan fingerprint density at radius 1 is 1.35 bits per heavy atom. The van der Waals surface area contributed by atoms with Gasteiger partial charge in [-0.15, -0.1) is 11.3 Å². The molecular weight excluding hydrogens is 264 g/mol. The molecule has 0 aromatic carbocycles. The van der Waals surface area contributed by atoms with E-state index >= 15 is 0 Å². The maximum Gasteiger partial charge on any atom is 0.0245 e. The van der Waals surface area contributed by atoms with Gasteiger partial charge in [-0.2, -0.15) is 0 Å². The summed E-state index contributed by atoms with van der Waals surface area (Å²) in [6.45, 7) is 12.9. The first-order valence-electron chi connectivity index (χ1n) is 8.15. The summed E-state index contributed by atoms with van der Waals surface area (Å²) in [7, 11) is 0. The normalized spacial score (nSPS) is 18.8. The molecule has 2 nitrogen and oxygen atoms in total. The Kier molecular flexibility index (Phi) is 6.06. The highest BCUT2D eigenvalue weighted by atomic mass is 32.1. The topological polar surface area (TPSA) is 15.3 Å². The SMILES string of the molecule is CCCNCC(C)(CCC)CN1CCc2sccc2C1. The summed E-state index contributed by atoms with van der Waals surface area (Å²) in [5.41, 5.74) is 1.99. The fourth-order valence-electron chi connectivity index (χ4n) is 3.38. The van der Waals surface area contributed by atoms with Crippen LogP contribution in [0.5, 0.6) is 0 Å². The van der Waals surface area contributed by atoms with E-state index in [4.69, 9.17) is 0 Å². The van der Waals surface area contributed by atoms with Crippen molar-refractivity contribution >= 4 is 11.3 Å². The molecule has 0 fully saturated rings. The molecule has 20 heavy (non-hydrogen) atoms. The molecule has 3 heteroatoms. The third-order valence-electron chi connectivity index (χ3n) is 4.32. The number of thiophene rings is 1. The van der Waals surface area contributed by atoms with E-state index in [1.807, 2.05) is 11.3 Å². The smallest absolute Gasteiger partial charge is 0.0245 e. The average Bonchev–Trinajstić information content (AvgIpc) is 2.86. The molecule has 0 aliphatic carbocycles. The second-order valence-electron chi connectivity index (χ2n) is 6.57. The third-order valence-corrected chi connectivity index (χ3v) is 5.35. The van der Waals surface area contributed by atoms with E-state index in [9.17, 15) is 0 Å². The van der Waals surface area contributed by atoms with Gasteiger partial charge in [0.1, 0.15) is 0 Å². The van der Waals surface area contributed by atoms with Crippen LogP contribution in [0.4, 0.5) is 0 Å². The lowest BCUT2D eigenvalue weighted by atomic mass is 9.84. The first-order valence-corrected chi connectivity index (χ1v) is 9.03. The average molecular weight is 295 g/mol. The molecule has 0 saturated carbocycles. The lowest BCUT2D eigenvalue weighted by molar-refractivity contribution is 0.139. The van der Waals surface area contributed by atoms with E-state index in [0.29, 0.717) is 5.41 Å². The van der Waals surface area contributed by atoms with E-state index in [1.165, 1.54) is 38.8 Å². The van der Waals surface area contributed by atoms with Crippen molar-refractivity contribution in [2.45, 2.75) is 53.0 Å². The first-order chi connectivity index (χ1) is 9.67. The summed E-state index contributed by atoms with van der Waals surface area (Å²) in [5.74, 6) is 0. The molecule has 1 unspecified atom stereocenters. The second-order valence-corrected chi connectivity index (χ2v) is 7.57. The number of nitrogens with one attached hydrogen (secondary N) is 1. The first kappa shape index (κ1) is 16.0. The minimum Gasteiger partial charge on any atom is -0.316 e. The number of hydrogen-bond donors (Lipinski definition) is 1. The number of rotatable bonds is 8. The fraction of sp³-hybridized carbons (Fsp3) is 0.765. The van der Waals surface area contributed by atoms with Crippen molar-refractivity contribution in [3.8, 4) is 0 Å². The second kappa shape index (κ2) is 7.58. The van der Waals surface area contributed by atoms with Crippen LogP contribution in [0.2, 0.25) is 0 Å². The van der Waals surface area contributed by atoms with Gasteiger partial charge < -0.3 is 5.32 Å². The largest absolute Gasteiger partial charge is 0.316 e. The van der Waals surface area contributed by atoms with Gasteiger partial charge >= 0.3 is 0 Å². The molecule has 0 spiro atoms. The van der Waals surface area contributed by atoms with Gasteiger partial charge in [-0.3, -0.25) is 4.90 Å². The maximum absolute atomic E-state index is 3.64. The van der Waals surface area contributed by atoms with Gasteiger partial charge in [0.2, 0.25) is 0 Å². The monoisotopic (exact) mass is 294 g/mol. The van der Waals surface area contributed by atoms with Crippen molar-refractivity contribution in [1.29, 1.82) is 0 Å². The van der Waals surface area contributed by atoms with Crippen LogP contribution in [0.3, 0.4) is 0 Å². The van der Waals surface area contributed by atoms with Gasteiger partial charge in [-0.25, -0.2) is 0 Å². The molecule has 0 radical (unpaired) electrons. The molecule has 114 valence electrons. The standard InChI is InChI=1S/C17H30N2S/c1-4-8-17(3,13-18-9-5-2)14-19-10-6-16-15(12-19)7-11-20-16/h7,11,18H,4-6,8-10,12-14H2,1-3H3. The number of hydrogen-bond acceptors (Lipinski definition) is 3. The van der Waals surface area contributed by atoms with Crippen LogP contribution in [0.15, 0.2) is 11.4 Å². The van der Waals surface area contributed by atoms with Crippen LogP contribution >= 0.6 is 11.3 Å². The summed E-state index contributed by atoms with van der Waals surface area (Å²) in [4.78, 5) is 4.28. The van der Waals surface area contributed by atoms with Gasteiger partial charge in [0.15, 0.2) is 0 Å². The van der Waals surface area contributed by atoms with Crippen molar-refractivity contribution in [3.05, 3.63) is 21.9 Å². The Bertz CT molecular complexity index is 401. The molecule has 0 bridgehead atoms. The highest BCUT2D eigenvalue weighted by molar-refractivity contribution is 7.10. The zero-order valence-corrected chi connectivity index (χ0v) is 14.2. The predicted molar refractivity (Wildman–Crippen MR) is 89.5 cm³/mol. The molecule has 2 rings (SSSR count). The van der Waals surface area contributed by atoms with Crippen molar-refractivity contribution in [1.82, 2.24) is 10.2 Å². The van der Waals surface area contributed by atoms with Gasteiger partial charge in [-0.1, -0.05) is 27.2 Å². The highest BCUT2D eigenvalue weighted by Gasteiger charge is 2.28. The molecule has 1 aliphatic heterocycles. The van der Waals surface area contributed by atoms with Crippen molar-refractivity contribution < 1.29 is 0 Å².